The van der Waals surface area contributed by atoms with Crippen molar-refractivity contribution in [2.75, 3.05) is 20.6 Å². The molecule has 1 saturated heterocycles. The molecule has 1 aromatic heterocycles. The number of rotatable bonds is 5. The first-order valence-corrected chi connectivity index (χ1v) is 7.74. The van der Waals surface area contributed by atoms with Crippen LogP contribution in [0.5, 0.6) is 0 Å². The highest BCUT2D eigenvalue weighted by Crippen LogP contribution is 2.28. The van der Waals surface area contributed by atoms with Crippen molar-refractivity contribution >= 4 is 17.2 Å². The average Bonchev–Trinajstić information content (AvgIpc) is 2.99. The summed E-state index contributed by atoms with van der Waals surface area (Å²) in [5.74, 6) is 0.229. The average molecular weight is 281 g/mol. The van der Waals surface area contributed by atoms with Crippen molar-refractivity contribution in [2.24, 2.45) is 0 Å². The van der Waals surface area contributed by atoms with E-state index in [0.717, 1.165) is 13.0 Å². The molecule has 5 heteroatoms. The van der Waals surface area contributed by atoms with Crippen molar-refractivity contribution in [3.05, 3.63) is 22.4 Å². The zero-order valence-electron chi connectivity index (χ0n) is 12.1. The van der Waals surface area contributed by atoms with Gasteiger partial charge in [-0.1, -0.05) is 6.92 Å². The van der Waals surface area contributed by atoms with Crippen LogP contribution in [0.25, 0.3) is 0 Å². The second-order valence-electron chi connectivity index (χ2n) is 5.39. The van der Waals surface area contributed by atoms with Crippen LogP contribution in [0.4, 0.5) is 0 Å². The molecule has 2 heterocycles. The number of nitrogens with one attached hydrogen (secondary N) is 1. The molecule has 0 aromatic carbocycles. The summed E-state index contributed by atoms with van der Waals surface area (Å²) in [5.41, 5.74) is 1.19. The Morgan fingerprint density at radius 2 is 2.26 bits per heavy atom. The van der Waals surface area contributed by atoms with E-state index < -0.39 is 0 Å². The molecule has 0 spiro atoms. The van der Waals surface area contributed by atoms with Gasteiger partial charge in [0.25, 0.3) is 0 Å². The molecule has 1 aromatic rings. The monoisotopic (exact) mass is 281 g/mol. The Hall–Kier alpha value is -0.910. The zero-order chi connectivity index (χ0) is 14.0. The van der Waals surface area contributed by atoms with Gasteiger partial charge in [-0.15, -0.1) is 0 Å². The fourth-order valence-corrected chi connectivity index (χ4v) is 3.00. The number of amides is 1. The summed E-state index contributed by atoms with van der Waals surface area (Å²) in [6, 6.07) is 2.41. The van der Waals surface area contributed by atoms with E-state index in [4.69, 9.17) is 0 Å². The predicted octanol–water partition coefficient (Wildman–Crippen LogP) is 1.91. The minimum Gasteiger partial charge on any atom is -0.320 e. The maximum absolute atomic E-state index is 12.4. The Labute approximate surface area is 119 Å². The summed E-state index contributed by atoms with van der Waals surface area (Å²) >= 11 is 1.68. The van der Waals surface area contributed by atoms with Crippen LogP contribution in [0.2, 0.25) is 0 Å². The topological polar surface area (TPSA) is 35.6 Å². The van der Waals surface area contributed by atoms with Gasteiger partial charge in [0.05, 0.1) is 6.04 Å². The van der Waals surface area contributed by atoms with Crippen LogP contribution in [-0.2, 0) is 4.79 Å². The first kappa shape index (κ1) is 14.5. The van der Waals surface area contributed by atoms with E-state index in [1.54, 1.807) is 11.3 Å². The number of nitrogens with zero attached hydrogens (tertiary/aromatic N) is 2. The lowest BCUT2D eigenvalue weighted by Crippen LogP contribution is -2.41. The Morgan fingerprint density at radius 3 is 2.79 bits per heavy atom. The fourth-order valence-electron chi connectivity index (χ4n) is 2.32. The smallest absolute Gasteiger partial charge is 0.241 e. The first-order valence-electron chi connectivity index (χ1n) is 6.79. The molecule has 1 amide bonds. The normalized spacial score (nSPS) is 25.3. The van der Waals surface area contributed by atoms with Crippen LogP contribution >= 0.6 is 11.3 Å². The van der Waals surface area contributed by atoms with Crippen LogP contribution in [0.3, 0.4) is 0 Å². The van der Waals surface area contributed by atoms with Crippen molar-refractivity contribution in [3.8, 4) is 0 Å². The van der Waals surface area contributed by atoms with Gasteiger partial charge in [-0.3, -0.25) is 10.1 Å². The second kappa shape index (κ2) is 6.03. The van der Waals surface area contributed by atoms with Crippen LogP contribution < -0.4 is 5.32 Å². The molecule has 1 aliphatic rings. The maximum atomic E-state index is 12.4. The van der Waals surface area contributed by atoms with E-state index in [1.807, 2.05) is 4.90 Å². The van der Waals surface area contributed by atoms with Gasteiger partial charge in [0.2, 0.25) is 5.91 Å². The Morgan fingerprint density at radius 1 is 1.53 bits per heavy atom. The van der Waals surface area contributed by atoms with Crippen molar-refractivity contribution in [1.29, 1.82) is 0 Å². The highest BCUT2D eigenvalue weighted by molar-refractivity contribution is 7.07. The van der Waals surface area contributed by atoms with Gasteiger partial charge in [0, 0.05) is 12.6 Å². The highest BCUT2D eigenvalue weighted by Gasteiger charge is 2.39. The lowest BCUT2D eigenvalue weighted by molar-refractivity contribution is -0.130. The van der Waals surface area contributed by atoms with Crippen molar-refractivity contribution in [1.82, 2.24) is 15.1 Å². The van der Waals surface area contributed by atoms with Gasteiger partial charge in [-0.05, 0) is 49.8 Å². The van der Waals surface area contributed by atoms with Gasteiger partial charge in [-0.25, -0.2) is 0 Å². The minimum absolute atomic E-state index is 0.0334. The molecule has 0 radical (unpaired) electrons. The third-order valence-electron chi connectivity index (χ3n) is 3.86. The summed E-state index contributed by atoms with van der Waals surface area (Å²) in [5, 5.41) is 7.64. The molecule has 2 rings (SSSR count). The van der Waals surface area contributed by atoms with E-state index >= 15 is 0 Å². The Balaban J connectivity index is 2.18. The molecule has 4 nitrogen and oxygen atoms in total. The van der Waals surface area contributed by atoms with Crippen molar-refractivity contribution in [3.63, 3.8) is 0 Å². The minimum atomic E-state index is -0.0423. The number of thiophene rings is 1. The molecule has 1 aliphatic heterocycles. The molecule has 106 valence electrons. The summed E-state index contributed by atoms with van der Waals surface area (Å²) in [4.78, 5) is 16.6. The predicted molar refractivity (Wildman–Crippen MR) is 79.1 cm³/mol. The molecule has 0 aliphatic carbocycles. The Bertz CT molecular complexity index is 418. The van der Waals surface area contributed by atoms with E-state index in [0.29, 0.717) is 6.04 Å². The lowest BCUT2D eigenvalue weighted by Gasteiger charge is -2.29. The second-order valence-corrected chi connectivity index (χ2v) is 6.17. The number of likely N-dealkylation sites (N-methyl/N-ethyl adjacent to an activating group) is 1. The van der Waals surface area contributed by atoms with Gasteiger partial charge in [0.1, 0.15) is 6.17 Å². The summed E-state index contributed by atoms with van der Waals surface area (Å²) in [7, 11) is 4.10. The van der Waals surface area contributed by atoms with Gasteiger partial charge in [0.15, 0.2) is 0 Å². The summed E-state index contributed by atoms with van der Waals surface area (Å²) in [6.45, 7) is 4.96. The van der Waals surface area contributed by atoms with E-state index in [9.17, 15) is 4.79 Å². The number of hydrogen-bond donors (Lipinski definition) is 1. The van der Waals surface area contributed by atoms with E-state index in [1.165, 1.54) is 5.56 Å². The first-order chi connectivity index (χ1) is 9.04. The molecule has 0 bridgehead atoms. The Kier molecular flexibility index (Phi) is 4.60. The van der Waals surface area contributed by atoms with Crippen LogP contribution in [-0.4, -0.2) is 48.4 Å². The molecule has 3 unspecified atom stereocenters. The molecule has 0 saturated carbocycles. The van der Waals surface area contributed by atoms with E-state index in [-0.39, 0.29) is 18.1 Å². The third kappa shape index (κ3) is 2.99. The standard InChI is InChI=1S/C14H23N3OS/c1-5-12-14(18)17(8-10(2)16(3)4)13(15-12)11-6-7-19-9-11/h6-7,9-10,12-13,15H,5,8H2,1-4H3. The maximum Gasteiger partial charge on any atom is 0.241 e. The van der Waals surface area contributed by atoms with E-state index in [2.05, 4.69) is 55.0 Å². The summed E-state index contributed by atoms with van der Waals surface area (Å²) < 4.78 is 0. The van der Waals surface area contributed by atoms with Crippen LogP contribution in [0.1, 0.15) is 32.0 Å². The highest BCUT2D eigenvalue weighted by atomic mass is 32.1. The van der Waals surface area contributed by atoms with Crippen molar-refractivity contribution in [2.45, 2.75) is 38.5 Å². The number of carbonyl (C=O) groups is 1. The van der Waals surface area contributed by atoms with Crippen LogP contribution in [0, 0.1) is 0 Å². The SMILES string of the molecule is CCC1NC(c2ccsc2)N(CC(C)N(C)C)C1=O. The zero-order valence-corrected chi connectivity index (χ0v) is 12.9. The van der Waals surface area contributed by atoms with Crippen molar-refractivity contribution < 1.29 is 4.79 Å². The fraction of sp³-hybridized carbons (Fsp3) is 0.643. The molecule has 1 N–H and O–H groups in total. The quantitative estimate of drug-likeness (QED) is 0.895. The third-order valence-corrected chi connectivity index (χ3v) is 4.56. The molecule has 1 fully saturated rings. The largest absolute Gasteiger partial charge is 0.320 e. The molecular formula is C14H23N3OS. The number of carbonyl (C=O) groups excluding carboxylic acids is 1. The molecule has 19 heavy (non-hydrogen) atoms. The molecular weight excluding hydrogens is 258 g/mol. The lowest BCUT2D eigenvalue weighted by atomic mass is 10.2. The summed E-state index contributed by atoms with van der Waals surface area (Å²) in [6.07, 6.45) is 0.873. The van der Waals surface area contributed by atoms with Gasteiger partial charge in [-0.2, -0.15) is 11.3 Å². The van der Waals surface area contributed by atoms with Gasteiger partial charge < -0.3 is 9.80 Å². The molecule has 3 atom stereocenters. The number of hydrogen-bond acceptors (Lipinski definition) is 4. The van der Waals surface area contributed by atoms with Crippen LogP contribution in [0.15, 0.2) is 16.8 Å². The van der Waals surface area contributed by atoms with Gasteiger partial charge >= 0.3 is 0 Å².